The van der Waals surface area contributed by atoms with E-state index < -0.39 is 17.3 Å². The van der Waals surface area contributed by atoms with E-state index >= 15 is 0 Å². The van der Waals surface area contributed by atoms with E-state index in [2.05, 4.69) is 5.32 Å². The van der Waals surface area contributed by atoms with Gasteiger partial charge >= 0.3 is 0 Å². The van der Waals surface area contributed by atoms with Crippen LogP contribution in [0.4, 0.5) is 4.39 Å². The van der Waals surface area contributed by atoms with E-state index in [1.807, 2.05) is 34.3 Å². The fraction of sp³-hybridized carbons (Fsp3) is 0.118. The first-order valence-corrected chi connectivity index (χ1v) is 9.23. The first-order chi connectivity index (χ1) is 11.5. The SMILES string of the molecule is O=C(NCC(O)(c1ccsc1)c1cccs1)c1ccc(F)cc1Cl. The van der Waals surface area contributed by atoms with Gasteiger partial charge in [0.25, 0.3) is 5.91 Å². The second-order valence-electron chi connectivity index (χ2n) is 5.16. The van der Waals surface area contributed by atoms with Crippen molar-refractivity contribution in [2.45, 2.75) is 5.60 Å². The highest BCUT2D eigenvalue weighted by Gasteiger charge is 2.33. The lowest BCUT2D eigenvalue weighted by molar-refractivity contribution is 0.0721. The maximum atomic E-state index is 13.1. The predicted molar refractivity (Wildman–Crippen MR) is 95.4 cm³/mol. The van der Waals surface area contributed by atoms with Crippen molar-refractivity contribution in [2.75, 3.05) is 6.54 Å². The van der Waals surface area contributed by atoms with Gasteiger partial charge in [0.05, 0.1) is 17.1 Å². The Morgan fingerprint density at radius 1 is 1.29 bits per heavy atom. The normalized spacial score (nSPS) is 13.5. The summed E-state index contributed by atoms with van der Waals surface area (Å²) in [6.07, 6.45) is 0. The van der Waals surface area contributed by atoms with E-state index in [1.165, 1.54) is 34.8 Å². The zero-order valence-electron chi connectivity index (χ0n) is 12.3. The van der Waals surface area contributed by atoms with Crippen molar-refractivity contribution in [1.29, 1.82) is 0 Å². The second kappa shape index (κ2) is 7.03. The number of hydrogen-bond acceptors (Lipinski definition) is 4. The lowest BCUT2D eigenvalue weighted by Crippen LogP contribution is -2.41. The molecule has 2 heterocycles. The highest BCUT2D eigenvalue weighted by Crippen LogP contribution is 2.33. The summed E-state index contributed by atoms with van der Waals surface area (Å²) in [5.41, 5.74) is -0.451. The van der Waals surface area contributed by atoms with Crippen LogP contribution in [-0.4, -0.2) is 17.6 Å². The Morgan fingerprint density at radius 2 is 2.12 bits per heavy atom. The zero-order chi connectivity index (χ0) is 17.2. The van der Waals surface area contributed by atoms with Gasteiger partial charge in [-0.3, -0.25) is 4.79 Å². The number of amides is 1. The van der Waals surface area contributed by atoms with Crippen molar-refractivity contribution < 1.29 is 14.3 Å². The van der Waals surface area contributed by atoms with Gasteiger partial charge in [-0.2, -0.15) is 11.3 Å². The van der Waals surface area contributed by atoms with Crippen molar-refractivity contribution in [2.24, 2.45) is 0 Å². The Hall–Kier alpha value is -1.73. The molecule has 7 heteroatoms. The van der Waals surface area contributed by atoms with Crippen LogP contribution in [0.1, 0.15) is 20.8 Å². The number of thiophene rings is 2. The third-order valence-electron chi connectivity index (χ3n) is 3.61. The van der Waals surface area contributed by atoms with Gasteiger partial charge in [-0.25, -0.2) is 4.39 Å². The molecular formula is C17H13ClFNO2S2. The molecule has 0 bridgehead atoms. The number of aliphatic hydroxyl groups is 1. The largest absolute Gasteiger partial charge is 0.378 e. The van der Waals surface area contributed by atoms with Crippen LogP contribution >= 0.6 is 34.3 Å². The van der Waals surface area contributed by atoms with Gasteiger partial charge in [0.2, 0.25) is 0 Å². The first kappa shape index (κ1) is 17.1. The van der Waals surface area contributed by atoms with E-state index in [0.29, 0.717) is 5.56 Å². The van der Waals surface area contributed by atoms with Crippen molar-refractivity contribution in [1.82, 2.24) is 5.32 Å². The molecule has 0 aliphatic rings. The molecule has 3 nitrogen and oxygen atoms in total. The van der Waals surface area contributed by atoms with Crippen LogP contribution in [0, 0.1) is 5.82 Å². The fourth-order valence-electron chi connectivity index (χ4n) is 2.32. The Kier molecular flexibility index (Phi) is 5.01. The average molecular weight is 382 g/mol. The summed E-state index contributed by atoms with van der Waals surface area (Å²) in [7, 11) is 0. The van der Waals surface area contributed by atoms with E-state index in [4.69, 9.17) is 11.6 Å². The Labute approximate surface area is 151 Å². The summed E-state index contributed by atoms with van der Waals surface area (Å²) in [4.78, 5) is 13.1. The smallest absolute Gasteiger partial charge is 0.252 e. The van der Waals surface area contributed by atoms with Gasteiger partial charge in [0.1, 0.15) is 11.4 Å². The predicted octanol–water partition coefficient (Wildman–Crippen LogP) is 4.27. The van der Waals surface area contributed by atoms with E-state index in [-0.39, 0.29) is 17.1 Å². The maximum Gasteiger partial charge on any atom is 0.252 e. The van der Waals surface area contributed by atoms with Crippen molar-refractivity contribution >= 4 is 40.2 Å². The number of halogens is 2. The van der Waals surface area contributed by atoms with E-state index in [9.17, 15) is 14.3 Å². The Balaban J connectivity index is 1.83. The van der Waals surface area contributed by atoms with Crippen LogP contribution in [0.15, 0.2) is 52.5 Å². The molecule has 0 saturated carbocycles. The van der Waals surface area contributed by atoms with Crippen molar-refractivity contribution in [3.63, 3.8) is 0 Å². The van der Waals surface area contributed by atoms with Gasteiger partial charge in [-0.1, -0.05) is 17.7 Å². The molecule has 1 unspecified atom stereocenters. The molecule has 3 rings (SSSR count). The van der Waals surface area contributed by atoms with Crippen molar-refractivity contribution in [3.8, 4) is 0 Å². The molecule has 0 spiro atoms. The molecule has 0 fully saturated rings. The van der Waals surface area contributed by atoms with Gasteiger partial charge in [0.15, 0.2) is 0 Å². The molecule has 24 heavy (non-hydrogen) atoms. The van der Waals surface area contributed by atoms with Crippen LogP contribution in [-0.2, 0) is 5.60 Å². The minimum atomic E-state index is -1.32. The summed E-state index contributed by atoms with van der Waals surface area (Å²) in [5.74, 6) is -0.977. The second-order valence-corrected chi connectivity index (χ2v) is 7.29. The minimum absolute atomic E-state index is 0.0171. The summed E-state index contributed by atoms with van der Waals surface area (Å²) >= 11 is 8.79. The number of carbonyl (C=O) groups excluding carboxylic acids is 1. The van der Waals surface area contributed by atoms with E-state index in [0.717, 1.165) is 10.9 Å². The molecule has 2 aromatic heterocycles. The minimum Gasteiger partial charge on any atom is -0.378 e. The highest BCUT2D eigenvalue weighted by atomic mass is 35.5. The fourth-order valence-corrected chi connectivity index (χ4v) is 4.14. The summed E-state index contributed by atoms with van der Waals surface area (Å²) in [6.45, 7) is -0.0171. The zero-order valence-corrected chi connectivity index (χ0v) is 14.7. The molecule has 2 N–H and O–H groups in total. The third-order valence-corrected chi connectivity index (χ3v) is 5.62. The van der Waals surface area contributed by atoms with E-state index in [1.54, 1.807) is 0 Å². The molecule has 0 radical (unpaired) electrons. The Bertz CT molecular complexity index is 800. The number of nitrogens with one attached hydrogen (secondary N) is 1. The number of hydrogen-bond donors (Lipinski definition) is 2. The Morgan fingerprint density at radius 3 is 2.75 bits per heavy atom. The molecule has 0 aliphatic carbocycles. The van der Waals surface area contributed by atoms with Crippen LogP contribution in [0.3, 0.4) is 0 Å². The number of rotatable bonds is 5. The number of benzene rings is 1. The summed E-state index contributed by atoms with van der Waals surface area (Å²) < 4.78 is 13.1. The lowest BCUT2D eigenvalue weighted by atomic mass is 9.94. The molecule has 0 saturated heterocycles. The monoisotopic (exact) mass is 381 g/mol. The highest BCUT2D eigenvalue weighted by molar-refractivity contribution is 7.10. The van der Waals surface area contributed by atoms with Crippen LogP contribution < -0.4 is 5.32 Å². The molecule has 124 valence electrons. The van der Waals surface area contributed by atoms with Gasteiger partial charge in [-0.15, -0.1) is 11.3 Å². The summed E-state index contributed by atoms with van der Waals surface area (Å²) in [5, 5.41) is 19.5. The van der Waals surface area contributed by atoms with Crippen LogP contribution in [0.2, 0.25) is 5.02 Å². The number of carbonyl (C=O) groups is 1. The first-order valence-electron chi connectivity index (χ1n) is 7.03. The third kappa shape index (κ3) is 3.37. The molecule has 1 amide bonds. The van der Waals surface area contributed by atoms with Crippen LogP contribution in [0.25, 0.3) is 0 Å². The standard InChI is InChI=1S/C17H13ClFNO2S2/c18-14-8-12(19)3-4-13(14)16(21)20-10-17(22,11-5-7-23-9-11)15-2-1-6-24-15/h1-9,22H,10H2,(H,20,21). The van der Waals surface area contributed by atoms with Crippen molar-refractivity contribution in [3.05, 3.63) is 79.4 Å². The molecular weight excluding hydrogens is 369 g/mol. The molecule has 0 aliphatic heterocycles. The topological polar surface area (TPSA) is 49.3 Å². The molecule has 1 atom stereocenters. The molecule has 3 aromatic rings. The van der Waals surface area contributed by atoms with Crippen LogP contribution in [0.5, 0.6) is 0 Å². The molecule has 1 aromatic carbocycles. The lowest BCUT2D eigenvalue weighted by Gasteiger charge is -2.27. The van der Waals surface area contributed by atoms with Gasteiger partial charge < -0.3 is 10.4 Å². The average Bonchev–Trinajstić information content (AvgIpc) is 3.25. The van der Waals surface area contributed by atoms with Gasteiger partial charge in [0, 0.05) is 10.4 Å². The maximum absolute atomic E-state index is 13.1. The quantitative estimate of drug-likeness (QED) is 0.693. The van der Waals surface area contributed by atoms with Gasteiger partial charge in [-0.05, 0) is 46.5 Å². The summed E-state index contributed by atoms with van der Waals surface area (Å²) in [6, 6.07) is 9.06.